The van der Waals surface area contributed by atoms with Gasteiger partial charge in [0, 0.05) is 25.0 Å². The van der Waals surface area contributed by atoms with E-state index in [2.05, 4.69) is 0 Å². The topological polar surface area (TPSA) is 118 Å². The lowest BCUT2D eigenvalue weighted by Crippen LogP contribution is -2.40. The summed E-state index contributed by atoms with van der Waals surface area (Å²) < 4.78 is 22.2. The molecule has 0 unspecified atom stereocenters. The van der Waals surface area contributed by atoms with Gasteiger partial charge in [0.15, 0.2) is 17.8 Å². The molecule has 0 bridgehead atoms. The van der Waals surface area contributed by atoms with Crippen molar-refractivity contribution in [3.8, 4) is 17.2 Å². The SMILES string of the molecule is COc1cc2c(c(OC)c1O)C[C@H](CO[C@H]1C[C@@H](O)C[C@@H](CO)O1)[C@@H](CO)C2. The summed E-state index contributed by atoms with van der Waals surface area (Å²) >= 11 is 0. The minimum absolute atomic E-state index is 0.00515. The Kier molecular flexibility index (Phi) is 7.00. The van der Waals surface area contributed by atoms with Gasteiger partial charge in [-0.15, -0.1) is 0 Å². The third-order valence-corrected chi connectivity index (χ3v) is 5.73. The molecular weight excluding hydrogens is 368 g/mol. The summed E-state index contributed by atoms with van der Waals surface area (Å²) in [6.45, 7) is 0.174. The highest BCUT2D eigenvalue weighted by Gasteiger charge is 2.34. The number of hydrogen-bond donors (Lipinski definition) is 4. The maximum absolute atomic E-state index is 10.4. The van der Waals surface area contributed by atoms with Crippen LogP contribution in [0.5, 0.6) is 17.2 Å². The van der Waals surface area contributed by atoms with Crippen LogP contribution in [0.15, 0.2) is 6.07 Å². The highest BCUT2D eigenvalue weighted by atomic mass is 16.7. The molecule has 0 aromatic heterocycles. The second kappa shape index (κ2) is 9.28. The van der Waals surface area contributed by atoms with Gasteiger partial charge in [-0.05, 0) is 36.3 Å². The maximum Gasteiger partial charge on any atom is 0.201 e. The second-order valence-electron chi connectivity index (χ2n) is 7.54. The Labute approximate surface area is 164 Å². The van der Waals surface area contributed by atoms with Gasteiger partial charge in [0.1, 0.15) is 0 Å². The number of benzene rings is 1. The predicted molar refractivity (Wildman–Crippen MR) is 99.6 cm³/mol. The first kappa shape index (κ1) is 21.1. The summed E-state index contributed by atoms with van der Waals surface area (Å²) in [6, 6.07) is 1.79. The number of aliphatic hydroxyl groups excluding tert-OH is 3. The number of aliphatic hydroxyl groups is 3. The van der Waals surface area contributed by atoms with Crippen molar-refractivity contribution < 1.29 is 39.4 Å². The van der Waals surface area contributed by atoms with E-state index in [0.717, 1.165) is 11.1 Å². The van der Waals surface area contributed by atoms with Crippen LogP contribution in [0.3, 0.4) is 0 Å². The first-order valence-electron chi connectivity index (χ1n) is 9.63. The molecule has 1 aromatic carbocycles. The molecule has 4 N–H and O–H groups in total. The summed E-state index contributed by atoms with van der Waals surface area (Å²) in [4.78, 5) is 0. The molecule has 1 aromatic rings. The summed E-state index contributed by atoms with van der Waals surface area (Å²) in [5.41, 5.74) is 1.86. The van der Waals surface area contributed by atoms with E-state index in [-0.39, 0.29) is 30.8 Å². The number of ether oxygens (including phenoxy) is 4. The number of hydrogen-bond acceptors (Lipinski definition) is 8. The van der Waals surface area contributed by atoms with Crippen molar-refractivity contribution in [2.45, 2.75) is 44.2 Å². The summed E-state index contributed by atoms with van der Waals surface area (Å²) in [5, 5.41) is 39.5. The van der Waals surface area contributed by atoms with E-state index in [0.29, 0.717) is 43.8 Å². The van der Waals surface area contributed by atoms with Gasteiger partial charge < -0.3 is 39.4 Å². The number of phenols is 1. The molecule has 3 rings (SSSR count). The van der Waals surface area contributed by atoms with Crippen molar-refractivity contribution in [1.29, 1.82) is 0 Å². The highest BCUT2D eigenvalue weighted by Crippen LogP contribution is 2.45. The van der Waals surface area contributed by atoms with Crippen LogP contribution < -0.4 is 9.47 Å². The number of rotatable bonds is 7. The lowest BCUT2D eigenvalue weighted by molar-refractivity contribution is -0.227. The fraction of sp³-hybridized carbons (Fsp3) is 0.700. The molecule has 0 amide bonds. The molecule has 158 valence electrons. The molecule has 1 saturated heterocycles. The zero-order chi connectivity index (χ0) is 20.3. The van der Waals surface area contributed by atoms with Gasteiger partial charge in [0.25, 0.3) is 0 Å². The molecule has 0 radical (unpaired) electrons. The van der Waals surface area contributed by atoms with E-state index in [1.165, 1.54) is 14.2 Å². The molecule has 2 aliphatic rings. The summed E-state index contributed by atoms with van der Waals surface area (Å²) in [7, 11) is 2.99. The van der Waals surface area contributed by atoms with Crippen molar-refractivity contribution in [3.05, 3.63) is 17.2 Å². The summed E-state index contributed by atoms with van der Waals surface area (Å²) in [6.07, 6.45) is 0.337. The molecule has 8 heteroatoms. The van der Waals surface area contributed by atoms with Crippen LogP contribution in [-0.4, -0.2) is 73.0 Å². The Hall–Kier alpha value is -1.58. The smallest absolute Gasteiger partial charge is 0.201 e. The molecule has 1 fully saturated rings. The third-order valence-electron chi connectivity index (χ3n) is 5.73. The lowest BCUT2D eigenvalue weighted by atomic mass is 9.76. The molecule has 1 aliphatic heterocycles. The number of phenolic OH excluding ortho intramolecular Hbond substituents is 1. The van der Waals surface area contributed by atoms with Gasteiger partial charge in [0.05, 0.1) is 39.6 Å². The van der Waals surface area contributed by atoms with Crippen LogP contribution >= 0.6 is 0 Å². The van der Waals surface area contributed by atoms with Crippen LogP contribution in [0.1, 0.15) is 24.0 Å². The molecule has 5 atom stereocenters. The van der Waals surface area contributed by atoms with Crippen LogP contribution in [0.4, 0.5) is 0 Å². The third kappa shape index (κ3) is 4.36. The van der Waals surface area contributed by atoms with Gasteiger partial charge in [-0.25, -0.2) is 0 Å². The molecular formula is C20H30O8. The van der Waals surface area contributed by atoms with E-state index < -0.39 is 18.5 Å². The molecule has 28 heavy (non-hydrogen) atoms. The van der Waals surface area contributed by atoms with Gasteiger partial charge in [0.2, 0.25) is 5.75 Å². The van der Waals surface area contributed by atoms with Gasteiger partial charge in [-0.2, -0.15) is 0 Å². The molecule has 8 nitrogen and oxygen atoms in total. The maximum atomic E-state index is 10.4. The Bertz CT molecular complexity index is 664. The molecule has 0 saturated carbocycles. The zero-order valence-corrected chi connectivity index (χ0v) is 16.3. The fourth-order valence-electron chi connectivity index (χ4n) is 4.19. The predicted octanol–water partition coefficient (Wildman–Crippen LogP) is 0.608. The average Bonchev–Trinajstić information content (AvgIpc) is 2.70. The first-order chi connectivity index (χ1) is 13.5. The van der Waals surface area contributed by atoms with Gasteiger partial charge >= 0.3 is 0 Å². The number of methoxy groups -OCH3 is 2. The Morgan fingerprint density at radius 3 is 2.50 bits per heavy atom. The normalized spacial score (nSPS) is 30.0. The molecule has 1 aliphatic carbocycles. The van der Waals surface area contributed by atoms with Crippen molar-refractivity contribution in [3.63, 3.8) is 0 Å². The Morgan fingerprint density at radius 1 is 1.07 bits per heavy atom. The van der Waals surface area contributed by atoms with Crippen LogP contribution in [0.2, 0.25) is 0 Å². The van der Waals surface area contributed by atoms with Crippen molar-refractivity contribution >= 4 is 0 Å². The highest BCUT2D eigenvalue weighted by molar-refractivity contribution is 5.59. The van der Waals surface area contributed by atoms with Crippen molar-refractivity contribution in [2.24, 2.45) is 11.8 Å². The first-order valence-corrected chi connectivity index (χ1v) is 9.63. The standard InChI is InChI=1S/C20H30O8/c1-25-17-5-11-3-12(8-21)13(4-16(11)20(26-2)19(17)24)10-27-18-7-14(23)6-15(9-22)28-18/h5,12-15,18,21-24H,3-4,6-10H2,1-2H3/t12-,13-,14+,15+,18-/m1/s1. The van der Waals surface area contributed by atoms with Crippen LogP contribution in [-0.2, 0) is 22.3 Å². The largest absolute Gasteiger partial charge is 0.502 e. The van der Waals surface area contributed by atoms with Crippen molar-refractivity contribution in [1.82, 2.24) is 0 Å². The van der Waals surface area contributed by atoms with Crippen molar-refractivity contribution in [2.75, 3.05) is 34.0 Å². The quantitative estimate of drug-likeness (QED) is 0.528. The van der Waals surface area contributed by atoms with Gasteiger partial charge in [-0.1, -0.05) is 0 Å². The van der Waals surface area contributed by atoms with E-state index in [9.17, 15) is 20.4 Å². The zero-order valence-electron chi connectivity index (χ0n) is 16.3. The minimum Gasteiger partial charge on any atom is -0.502 e. The molecule has 0 spiro atoms. The second-order valence-corrected chi connectivity index (χ2v) is 7.54. The fourth-order valence-corrected chi connectivity index (χ4v) is 4.19. The number of aromatic hydroxyl groups is 1. The lowest BCUT2D eigenvalue weighted by Gasteiger charge is -2.36. The Morgan fingerprint density at radius 2 is 1.86 bits per heavy atom. The van der Waals surface area contributed by atoms with Gasteiger partial charge in [-0.3, -0.25) is 0 Å². The van der Waals surface area contributed by atoms with Crippen LogP contribution in [0, 0.1) is 11.8 Å². The monoisotopic (exact) mass is 398 g/mol. The average molecular weight is 398 g/mol. The van der Waals surface area contributed by atoms with E-state index in [4.69, 9.17) is 18.9 Å². The number of fused-ring (bicyclic) bond motifs is 1. The molecule has 1 heterocycles. The van der Waals surface area contributed by atoms with E-state index in [1.54, 1.807) is 6.07 Å². The summed E-state index contributed by atoms with van der Waals surface area (Å²) in [5.74, 6) is 0.681. The Balaban J connectivity index is 1.74. The van der Waals surface area contributed by atoms with E-state index in [1.807, 2.05) is 0 Å². The van der Waals surface area contributed by atoms with E-state index >= 15 is 0 Å². The minimum atomic E-state index is -0.590. The van der Waals surface area contributed by atoms with Crippen LogP contribution in [0.25, 0.3) is 0 Å².